The van der Waals surface area contributed by atoms with Gasteiger partial charge in [-0.3, -0.25) is 9.59 Å². The molecule has 0 radical (unpaired) electrons. The fourth-order valence-electron chi connectivity index (χ4n) is 5.68. The highest BCUT2D eigenvalue weighted by Crippen LogP contribution is 2.31. The fourth-order valence-corrected chi connectivity index (χ4v) is 6.65. The monoisotopic (exact) mass is 661 g/mol. The number of hydrogen-bond acceptors (Lipinski definition) is 5. The molecule has 47 heavy (non-hydrogen) atoms. The van der Waals surface area contributed by atoms with Gasteiger partial charge in [0, 0.05) is 37.7 Å². The average molecular weight is 662 g/mol. The lowest BCUT2D eigenvalue weighted by Gasteiger charge is -2.19. The summed E-state index contributed by atoms with van der Waals surface area (Å²) in [6, 6.07) is 18.7. The molecule has 0 saturated heterocycles. The Kier molecular flexibility index (Phi) is 9.05. The maximum absolute atomic E-state index is 13.5. The Morgan fingerprint density at radius 2 is 1.51 bits per heavy atom. The first-order valence-corrected chi connectivity index (χ1v) is 16.0. The third kappa shape index (κ3) is 7.02. The highest BCUT2D eigenvalue weighted by molar-refractivity contribution is 7.98. The summed E-state index contributed by atoms with van der Waals surface area (Å²) in [5.41, 5.74) is 4.21. The number of imidazole rings is 1. The normalized spacial score (nSPS) is 12.7. The lowest BCUT2D eigenvalue weighted by molar-refractivity contribution is -0.137. The second-order valence-electron chi connectivity index (χ2n) is 11.6. The number of amides is 1. The molecule has 2 heterocycles. The van der Waals surface area contributed by atoms with Gasteiger partial charge in [-0.2, -0.15) is 18.2 Å². The predicted molar refractivity (Wildman–Crippen MR) is 172 cm³/mol. The van der Waals surface area contributed by atoms with Gasteiger partial charge in [-0.1, -0.05) is 60.3 Å². The second-order valence-corrected chi connectivity index (χ2v) is 12.5. The molecule has 0 fully saturated rings. The van der Waals surface area contributed by atoms with Gasteiger partial charge in [-0.05, 0) is 65.8 Å². The molecule has 7 nitrogen and oxygen atoms in total. The van der Waals surface area contributed by atoms with E-state index in [1.165, 1.54) is 40.9 Å². The molecule has 2 aromatic heterocycles. The fraction of sp³-hybridized carbons (Fsp3) is 0.257. The highest BCUT2D eigenvalue weighted by Gasteiger charge is 2.30. The lowest BCUT2D eigenvalue weighted by Crippen LogP contribution is -2.26. The summed E-state index contributed by atoms with van der Waals surface area (Å²) >= 11 is 1.39. The van der Waals surface area contributed by atoms with E-state index in [2.05, 4.69) is 9.97 Å². The van der Waals surface area contributed by atoms with Gasteiger partial charge < -0.3 is 14.0 Å². The minimum Gasteiger partial charge on any atom is -0.343 e. The first kappa shape index (κ1) is 32.2. The van der Waals surface area contributed by atoms with Crippen LogP contribution < -0.4 is 5.56 Å². The van der Waals surface area contributed by atoms with E-state index in [0.29, 0.717) is 52.9 Å². The topological polar surface area (TPSA) is 73.0 Å². The van der Waals surface area contributed by atoms with Gasteiger partial charge >= 0.3 is 6.18 Å². The van der Waals surface area contributed by atoms with Gasteiger partial charge in [-0.25, -0.2) is 9.37 Å². The van der Waals surface area contributed by atoms with E-state index in [0.717, 1.165) is 40.9 Å². The van der Waals surface area contributed by atoms with Crippen LogP contribution in [0.1, 0.15) is 50.7 Å². The van der Waals surface area contributed by atoms with Crippen molar-refractivity contribution in [3.63, 3.8) is 0 Å². The lowest BCUT2D eigenvalue weighted by atomic mass is 10.0. The largest absolute Gasteiger partial charge is 0.416 e. The minimum absolute atomic E-state index is 0.223. The molecule has 1 aliphatic rings. The molecular formula is C35H31F4N5O2S. The number of halogens is 4. The number of aromatic nitrogens is 4. The van der Waals surface area contributed by atoms with Crippen molar-refractivity contribution in [1.82, 2.24) is 24.0 Å². The summed E-state index contributed by atoms with van der Waals surface area (Å²) in [5, 5.41) is 0.524. The smallest absolute Gasteiger partial charge is 0.343 e. The molecular weight excluding hydrogens is 630 g/mol. The number of rotatable bonds is 9. The van der Waals surface area contributed by atoms with Gasteiger partial charge in [0.05, 0.1) is 18.3 Å². The molecule has 12 heteroatoms. The van der Waals surface area contributed by atoms with E-state index >= 15 is 0 Å². The number of hydrogen-bond donors (Lipinski definition) is 0. The highest BCUT2D eigenvalue weighted by atomic mass is 32.2. The van der Waals surface area contributed by atoms with Gasteiger partial charge in [0.25, 0.3) is 11.5 Å². The molecule has 3 aromatic carbocycles. The maximum Gasteiger partial charge on any atom is 0.416 e. The first-order chi connectivity index (χ1) is 22.5. The molecule has 0 bridgehead atoms. The molecule has 0 spiro atoms. The molecule has 0 aliphatic heterocycles. The third-order valence-corrected chi connectivity index (χ3v) is 9.23. The third-order valence-electron chi connectivity index (χ3n) is 8.19. The zero-order valence-electron chi connectivity index (χ0n) is 25.7. The standard InChI is InChI=1S/C35H31F4N5O2S/c1-42(2)33(46)30-18-40-31(43(30)19-22-6-10-24(11-7-22)25-12-14-26(15-13-25)35(37,38)39)20-44-29-5-3-4-28(29)32(45)41-34(44)47-21-23-8-16-27(36)17-9-23/h6-18H,3-5,19-21H2,1-2H3. The van der Waals surface area contributed by atoms with Crippen molar-refractivity contribution in [3.05, 3.63) is 135 Å². The van der Waals surface area contributed by atoms with Crippen LogP contribution >= 0.6 is 11.8 Å². The molecule has 0 N–H and O–H groups in total. The number of carbonyl (C=O) groups excluding carboxylic acids is 1. The Balaban J connectivity index is 1.32. The van der Waals surface area contributed by atoms with Gasteiger partial charge in [0.15, 0.2) is 5.16 Å². The summed E-state index contributed by atoms with van der Waals surface area (Å²) in [6.45, 7) is 0.580. The van der Waals surface area contributed by atoms with Gasteiger partial charge in [-0.15, -0.1) is 0 Å². The second kappa shape index (κ2) is 13.2. The molecule has 0 saturated carbocycles. The molecule has 242 valence electrons. The van der Waals surface area contributed by atoms with Crippen LogP contribution in [0, 0.1) is 5.82 Å². The Morgan fingerprint density at radius 1 is 0.872 bits per heavy atom. The summed E-state index contributed by atoms with van der Waals surface area (Å²) in [7, 11) is 3.34. The Hall–Kier alpha value is -4.71. The van der Waals surface area contributed by atoms with Gasteiger partial charge in [0.1, 0.15) is 17.3 Å². The molecule has 6 rings (SSSR count). The zero-order chi connectivity index (χ0) is 33.3. The number of fused-ring (bicyclic) bond motifs is 1. The van der Waals surface area contributed by atoms with Crippen LogP contribution in [-0.4, -0.2) is 44.0 Å². The van der Waals surface area contributed by atoms with Crippen LogP contribution in [0.3, 0.4) is 0 Å². The van der Waals surface area contributed by atoms with Crippen LogP contribution in [-0.2, 0) is 37.9 Å². The van der Waals surface area contributed by atoms with E-state index < -0.39 is 11.7 Å². The van der Waals surface area contributed by atoms with E-state index in [4.69, 9.17) is 0 Å². The van der Waals surface area contributed by atoms with Crippen molar-refractivity contribution in [2.24, 2.45) is 0 Å². The molecule has 1 aliphatic carbocycles. The van der Waals surface area contributed by atoms with Crippen molar-refractivity contribution >= 4 is 17.7 Å². The van der Waals surface area contributed by atoms with Crippen molar-refractivity contribution < 1.29 is 22.4 Å². The Labute approximate surface area is 272 Å². The Morgan fingerprint density at radius 3 is 2.15 bits per heavy atom. The number of carbonyl (C=O) groups is 1. The van der Waals surface area contributed by atoms with Crippen molar-refractivity contribution in [3.8, 4) is 11.1 Å². The summed E-state index contributed by atoms with van der Waals surface area (Å²) in [6.07, 6.45) is -0.654. The van der Waals surface area contributed by atoms with Crippen LogP contribution in [0.4, 0.5) is 17.6 Å². The van der Waals surface area contributed by atoms with Crippen LogP contribution in [0.15, 0.2) is 88.9 Å². The zero-order valence-corrected chi connectivity index (χ0v) is 26.5. The average Bonchev–Trinajstić information content (AvgIpc) is 3.70. The summed E-state index contributed by atoms with van der Waals surface area (Å²) in [5.74, 6) is 0.537. The SMILES string of the molecule is CN(C)C(=O)c1cnc(Cn2c(SCc3ccc(F)cc3)nc(=O)c3c2CCC3)n1Cc1ccc(-c2ccc(C(F)(F)F)cc2)cc1. The number of benzene rings is 3. The van der Waals surface area contributed by atoms with E-state index in [9.17, 15) is 27.2 Å². The molecule has 0 unspecified atom stereocenters. The number of nitrogens with zero attached hydrogens (tertiary/aromatic N) is 5. The van der Waals surface area contributed by atoms with Crippen LogP contribution in [0.25, 0.3) is 11.1 Å². The van der Waals surface area contributed by atoms with Crippen LogP contribution in [0.2, 0.25) is 0 Å². The van der Waals surface area contributed by atoms with Gasteiger partial charge in [0.2, 0.25) is 0 Å². The summed E-state index contributed by atoms with van der Waals surface area (Å²) in [4.78, 5) is 36.8. The van der Waals surface area contributed by atoms with E-state index in [1.54, 1.807) is 32.4 Å². The predicted octanol–water partition coefficient (Wildman–Crippen LogP) is 6.84. The van der Waals surface area contributed by atoms with Crippen molar-refractivity contribution in [2.45, 2.75) is 49.4 Å². The number of alkyl halides is 3. The number of thioether (sulfide) groups is 1. The van der Waals surface area contributed by atoms with Crippen molar-refractivity contribution in [1.29, 1.82) is 0 Å². The van der Waals surface area contributed by atoms with E-state index in [1.807, 2.05) is 33.4 Å². The van der Waals surface area contributed by atoms with Crippen LogP contribution in [0.5, 0.6) is 0 Å². The molecule has 1 amide bonds. The minimum atomic E-state index is -4.40. The maximum atomic E-state index is 13.5. The van der Waals surface area contributed by atoms with E-state index in [-0.39, 0.29) is 23.8 Å². The summed E-state index contributed by atoms with van der Waals surface area (Å²) < 4.78 is 56.4. The quantitative estimate of drug-likeness (QED) is 0.0983. The molecule has 5 aromatic rings. The first-order valence-electron chi connectivity index (χ1n) is 15.0. The molecule has 0 atom stereocenters. The van der Waals surface area contributed by atoms with Crippen molar-refractivity contribution in [2.75, 3.05) is 14.1 Å². The Bertz CT molecular complexity index is 1970.